The monoisotopic (exact) mass is 244 g/mol. The standard InChI is InChI=1S/C13H16N4O/c14-12-7-10(16-17-12)8-18-11-5-1-3-9-4-2-6-15-13(9)11/h1-6,10,12,16-17H,7-8,14H2. The van der Waals surface area contributed by atoms with E-state index in [-0.39, 0.29) is 12.2 Å². The van der Waals surface area contributed by atoms with Crippen molar-refractivity contribution in [2.45, 2.75) is 18.6 Å². The fourth-order valence-electron chi connectivity index (χ4n) is 2.14. The molecule has 1 aliphatic rings. The summed E-state index contributed by atoms with van der Waals surface area (Å²) in [5.74, 6) is 0.815. The van der Waals surface area contributed by atoms with Crippen LogP contribution in [-0.4, -0.2) is 23.8 Å². The average Bonchev–Trinajstić information content (AvgIpc) is 2.82. The highest BCUT2D eigenvalue weighted by molar-refractivity contribution is 5.84. The summed E-state index contributed by atoms with van der Waals surface area (Å²) < 4.78 is 5.83. The number of fused-ring (bicyclic) bond motifs is 1. The van der Waals surface area contributed by atoms with Gasteiger partial charge >= 0.3 is 0 Å². The minimum atomic E-state index is 0.00393. The number of para-hydroxylation sites is 1. The first-order chi connectivity index (χ1) is 8.83. The Morgan fingerprint density at radius 2 is 2.17 bits per heavy atom. The number of nitrogens with two attached hydrogens (primary N) is 1. The number of ether oxygens (including phenoxy) is 1. The van der Waals surface area contributed by atoms with Crippen LogP contribution in [0.2, 0.25) is 0 Å². The molecule has 0 bridgehead atoms. The fourth-order valence-corrected chi connectivity index (χ4v) is 2.14. The van der Waals surface area contributed by atoms with E-state index >= 15 is 0 Å². The van der Waals surface area contributed by atoms with Crippen LogP contribution in [0.1, 0.15) is 6.42 Å². The molecule has 1 aromatic heterocycles. The van der Waals surface area contributed by atoms with E-state index in [0.717, 1.165) is 23.1 Å². The van der Waals surface area contributed by atoms with Crippen molar-refractivity contribution < 1.29 is 4.74 Å². The van der Waals surface area contributed by atoms with Gasteiger partial charge in [-0.1, -0.05) is 18.2 Å². The molecule has 5 nitrogen and oxygen atoms in total. The topological polar surface area (TPSA) is 72.2 Å². The third-order valence-electron chi connectivity index (χ3n) is 3.05. The Hall–Kier alpha value is -1.69. The summed E-state index contributed by atoms with van der Waals surface area (Å²) in [4.78, 5) is 4.36. The molecule has 1 fully saturated rings. The lowest BCUT2D eigenvalue weighted by atomic mass is 10.2. The van der Waals surface area contributed by atoms with Crippen LogP contribution in [0.15, 0.2) is 36.5 Å². The van der Waals surface area contributed by atoms with Crippen molar-refractivity contribution in [3.8, 4) is 5.75 Å². The summed E-state index contributed by atoms with van der Waals surface area (Å²) >= 11 is 0. The number of nitrogens with one attached hydrogen (secondary N) is 2. The van der Waals surface area contributed by atoms with Crippen LogP contribution in [0.5, 0.6) is 5.75 Å². The Kier molecular flexibility index (Phi) is 3.10. The molecule has 0 aliphatic carbocycles. The molecule has 0 spiro atoms. The second kappa shape index (κ2) is 4.89. The Bertz CT molecular complexity index is 540. The minimum absolute atomic E-state index is 0.00393. The van der Waals surface area contributed by atoms with Crippen molar-refractivity contribution in [3.63, 3.8) is 0 Å². The number of nitrogens with zero attached hydrogens (tertiary/aromatic N) is 1. The summed E-state index contributed by atoms with van der Waals surface area (Å²) in [5.41, 5.74) is 12.7. The summed E-state index contributed by atoms with van der Waals surface area (Å²) in [7, 11) is 0. The van der Waals surface area contributed by atoms with Gasteiger partial charge in [0.05, 0.1) is 12.2 Å². The van der Waals surface area contributed by atoms with Gasteiger partial charge in [-0.25, -0.2) is 10.9 Å². The van der Waals surface area contributed by atoms with Gasteiger partial charge in [0, 0.05) is 11.6 Å². The number of hydrogen-bond acceptors (Lipinski definition) is 5. The number of rotatable bonds is 3. The molecule has 3 rings (SSSR count). The summed E-state index contributed by atoms with van der Waals surface area (Å²) in [5, 5.41) is 1.09. The first-order valence-electron chi connectivity index (χ1n) is 6.06. The number of benzene rings is 1. The third-order valence-corrected chi connectivity index (χ3v) is 3.05. The number of aromatic nitrogens is 1. The molecule has 4 N–H and O–H groups in total. The molecule has 2 atom stereocenters. The van der Waals surface area contributed by atoms with E-state index < -0.39 is 0 Å². The second-order valence-corrected chi connectivity index (χ2v) is 4.47. The van der Waals surface area contributed by atoms with Gasteiger partial charge < -0.3 is 10.5 Å². The van der Waals surface area contributed by atoms with Crippen molar-refractivity contribution >= 4 is 10.9 Å². The first-order valence-corrected chi connectivity index (χ1v) is 6.06. The molecule has 2 unspecified atom stereocenters. The van der Waals surface area contributed by atoms with Crippen LogP contribution in [0.3, 0.4) is 0 Å². The maximum atomic E-state index is 5.83. The lowest BCUT2D eigenvalue weighted by Gasteiger charge is -2.12. The predicted molar refractivity (Wildman–Crippen MR) is 69.9 cm³/mol. The molecule has 1 saturated heterocycles. The summed E-state index contributed by atoms with van der Waals surface area (Å²) in [6.07, 6.45) is 2.64. The van der Waals surface area contributed by atoms with E-state index in [4.69, 9.17) is 10.5 Å². The highest BCUT2D eigenvalue weighted by atomic mass is 16.5. The van der Waals surface area contributed by atoms with Gasteiger partial charge in [0.15, 0.2) is 0 Å². The van der Waals surface area contributed by atoms with Gasteiger partial charge in [0.2, 0.25) is 0 Å². The van der Waals surface area contributed by atoms with Crippen LogP contribution in [0.25, 0.3) is 10.9 Å². The summed E-state index contributed by atoms with van der Waals surface area (Å²) in [6.45, 7) is 0.580. The molecule has 0 saturated carbocycles. The van der Waals surface area contributed by atoms with Crippen LogP contribution < -0.4 is 21.3 Å². The molecule has 5 heteroatoms. The molecular weight excluding hydrogens is 228 g/mol. The van der Waals surface area contributed by atoms with Crippen molar-refractivity contribution in [1.29, 1.82) is 0 Å². The van der Waals surface area contributed by atoms with Crippen LogP contribution in [-0.2, 0) is 0 Å². The highest BCUT2D eigenvalue weighted by Crippen LogP contribution is 2.23. The molecule has 94 valence electrons. The SMILES string of the molecule is NC1CC(COc2cccc3cccnc23)NN1. The zero-order valence-electron chi connectivity index (χ0n) is 9.97. The molecule has 0 amide bonds. The van der Waals surface area contributed by atoms with Crippen molar-refractivity contribution in [2.75, 3.05) is 6.61 Å². The molecule has 18 heavy (non-hydrogen) atoms. The van der Waals surface area contributed by atoms with E-state index in [0.29, 0.717) is 6.61 Å². The van der Waals surface area contributed by atoms with E-state index in [1.54, 1.807) is 6.20 Å². The number of pyridine rings is 1. The first kappa shape index (κ1) is 11.4. The zero-order chi connectivity index (χ0) is 12.4. The smallest absolute Gasteiger partial charge is 0.145 e. The van der Waals surface area contributed by atoms with E-state index in [1.165, 1.54) is 0 Å². The minimum Gasteiger partial charge on any atom is -0.490 e. The largest absolute Gasteiger partial charge is 0.490 e. The zero-order valence-corrected chi connectivity index (χ0v) is 9.97. The van der Waals surface area contributed by atoms with Gasteiger partial charge in [0.1, 0.15) is 17.9 Å². The van der Waals surface area contributed by atoms with Crippen molar-refractivity contribution in [3.05, 3.63) is 36.5 Å². The van der Waals surface area contributed by atoms with Crippen LogP contribution in [0.4, 0.5) is 0 Å². The fraction of sp³-hybridized carbons (Fsp3) is 0.308. The third kappa shape index (κ3) is 2.28. The predicted octanol–water partition coefficient (Wildman–Crippen LogP) is 0.765. The normalized spacial score (nSPS) is 23.4. The van der Waals surface area contributed by atoms with E-state index in [1.807, 2.05) is 30.3 Å². The molecular formula is C13H16N4O. The Morgan fingerprint density at radius 3 is 3.00 bits per heavy atom. The van der Waals surface area contributed by atoms with E-state index in [9.17, 15) is 0 Å². The van der Waals surface area contributed by atoms with Gasteiger partial charge in [-0.15, -0.1) is 0 Å². The number of hydrogen-bond donors (Lipinski definition) is 3. The lowest BCUT2D eigenvalue weighted by molar-refractivity contribution is 0.275. The van der Waals surface area contributed by atoms with Crippen LogP contribution in [0, 0.1) is 0 Å². The Labute approximate surface area is 105 Å². The van der Waals surface area contributed by atoms with E-state index in [2.05, 4.69) is 15.8 Å². The van der Waals surface area contributed by atoms with Gasteiger partial charge in [-0.05, 0) is 18.6 Å². The van der Waals surface area contributed by atoms with Crippen molar-refractivity contribution in [1.82, 2.24) is 15.8 Å². The molecule has 1 aromatic carbocycles. The van der Waals surface area contributed by atoms with Gasteiger partial charge in [0.25, 0.3) is 0 Å². The molecule has 0 radical (unpaired) electrons. The quantitative estimate of drug-likeness (QED) is 0.743. The van der Waals surface area contributed by atoms with Crippen LogP contribution >= 0.6 is 0 Å². The molecule has 1 aliphatic heterocycles. The maximum absolute atomic E-state index is 5.83. The second-order valence-electron chi connectivity index (χ2n) is 4.47. The van der Waals surface area contributed by atoms with Gasteiger partial charge in [-0.2, -0.15) is 0 Å². The Balaban J connectivity index is 1.74. The summed E-state index contributed by atoms with van der Waals surface area (Å²) in [6, 6.07) is 10.1. The number of hydrazine groups is 1. The maximum Gasteiger partial charge on any atom is 0.145 e. The van der Waals surface area contributed by atoms with Crippen molar-refractivity contribution in [2.24, 2.45) is 5.73 Å². The average molecular weight is 244 g/mol. The lowest BCUT2D eigenvalue weighted by Crippen LogP contribution is -2.38. The molecule has 2 heterocycles. The highest BCUT2D eigenvalue weighted by Gasteiger charge is 2.21. The van der Waals surface area contributed by atoms with Gasteiger partial charge in [-0.3, -0.25) is 4.98 Å². The Morgan fingerprint density at radius 1 is 1.28 bits per heavy atom. The molecule has 2 aromatic rings.